The molecule has 0 aromatic heterocycles. The predicted octanol–water partition coefficient (Wildman–Crippen LogP) is 2.64. The molecule has 24 heavy (non-hydrogen) atoms. The monoisotopic (exact) mass is 334 g/mol. The first-order valence-corrected chi connectivity index (χ1v) is 8.50. The molecule has 0 unspecified atom stereocenters. The van der Waals surface area contributed by atoms with Gasteiger partial charge in [0.2, 0.25) is 0 Å². The van der Waals surface area contributed by atoms with Gasteiger partial charge in [-0.3, -0.25) is 4.79 Å². The van der Waals surface area contributed by atoms with Crippen LogP contribution in [0.5, 0.6) is 0 Å². The maximum atomic E-state index is 13.9. The number of nitrogens with zero attached hydrogens (tertiary/aromatic N) is 1. The van der Waals surface area contributed by atoms with E-state index in [9.17, 15) is 9.18 Å². The van der Waals surface area contributed by atoms with Crippen molar-refractivity contribution in [3.8, 4) is 0 Å². The summed E-state index contributed by atoms with van der Waals surface area (Å²) in [5, 5.41) is 7.34. The number of halogens is 1. The highest BCUT2D eigenvalue weighted by molar-refractivity contribution is 6.01. The van der Waals surface area contributed by atoms with Gasteiger partial charge in [0.05, 0.1) is 17.7 Å². The maximum absolute atomic E-state index is 13.9. The molecule has 0 saturated carbocycles. The third-order valence-corrected chi connectivity index (χ3v) is 4.72. The number of rotatable bonds is 5. The molecule has 0 aliphatic carbocycles. The van der Waals surface area contributed by atoms with E-state index in [0.29, 0.717) is 37.3 Å². The summed E-state index contributed by atoms with van der Waals surface area (Å²) in [4.78, 5) is 18.0. The fraction of sp³-hybridized carbons (Fsp3) is 0.556. The molecule has 1 aromatic carbocycles. The third kappa shape index (κ3) is 3.43. The molecule has 2 heterocycles. The van der Waals surface area contributed by atoms with E-state index < -0.39 is 5.41 Å². The first-order valence-electron chi connectivity index (χ1n) is 8.50. The number of hydrogen-bond acceptors (Lipinski definition) is 5. The zero-order chi connectivity index (χ0) is 17.0. The lowest BCUT2D eigenvalue weighted by Crippen LogP contribution is -2.48. The third-order valence-electron chi connectivity index (χ3n) is 4.72. The molecule has 1 saturated heterocycles. The van der Waals surface area contributed by atoms with E-state index in [4.69, 9.17) is 9.57 Å². The summed E-state index contributed by atoms with van der Waals surface area (Å²) in [7, 11) is 0. The Kier molecular flexibility index (Phi) is 5.14. The van der Waals surface area contributed by atoms with Crippen LogP contribution in [-0.2, 0) is 14.4 Å². The number of hydrogen-bond donors (Lipinski definition) is 1. The molecule has 1 fully saturated rings. The van der Waals surface area contributed by atoms with Gasteiger partial charge in [0.25, 0.3) is 0 Å². The quantitative estimate of drug-likeness (QED) is 0.841. The van der Waals surface area contributed by atoms with E-state index in [1.165, 1.54) is 6.07 Å². The summed E-state index contributed by atoms with van der Waals surface area (Å²) >= 11 is 0. The van der Waals surface area contributed by atoms with Crippen LogP contribution in [-0.4, -0.2) is 37.5 Å². The van der Waals surface area contributed by atoms with Crippen LogP contribution in [0.25, 0.3) is 0 Å². The normalized spacial score (nSPS) is 26.6. The molecular weight excluding hydrogens is 311 g/mol. The average molecular weight is 334 g/mol. The first kappa shape index (κ1) is 16.9. The number of carbonyl (C=O) groups is 1. The molecule has 2 atom stereocenters. The highest BCUT2D eigenvalue weighted by Gasteiger charge is 2.44. The number of piperidine rings is 1. The van der Waals surface area contributed by atoms with Gasteiger partial charge in [-0.05, 0) is 32.4 Å². The molecular formula is C18H23FN2O3. The molecule has 130 valence electrons. The van der Waals surface area contributed by atoms with Gasteiger partial charge < -0.3 is 14.9 Å². The molecule has 6 heteroatoms. The van der Waals surface area contributed by atoms with Crippen LogP contribution in [0, 0.1) is 11.2 Å². The van der Waals surface area contributed by atoms with Crippen LogP contribution >= 0.6 is 0 Å². The standard InChI is InChI=1S/C18H23FN2O3/c1-2-23-17(22)18(8-5-9-20-12-18)11-13-10-16(21-24-13)14-6-3-4-7-15(14)19/h3-4,6-7,13,20H,2,5,8-12H2,1H3/t13-,18-/m0/s1. The number of esters is 1. The SMILES string of the molecule is CCOC(=O)[C@]1(C[C@@H]2CC(c3ccccc3F)=NO2)CCCNC1. The van der Waals surface area contributed by atoms with Crippen LogP contribution in [0.3, 0.4) is 0 Å². The van der Waals surface area contributed by atoms with Crippen LogP contribution < -0.4 is 5.32 Å². The Morgan fingerprint density at radius 1 is 1.50 bits per heavy atom. The molecule has 5 nitrogen and oxygen atoms in total. The Bertz CT molecular complexity index is 626. The number of carbonyl (C=O) groups excluding carboxylic acids is 1. The van der Waals surface area contributed by atoms with Gasteiger partial charge >= 0.3 is 5.97 Å². The molecule has 0 bridgehead atoms. The Morgan fingerprint density at radius 2 is 2.33 bits per heavy atom. The van der Waals surface area contributed by atoms with Crippen LogP contribution in [0.1, 0.15) is 38.2 Å². The van der Waals surface area contributed by atoms with E-state index in [0.717, 1.165) is 19.4 Å². The number of benzene rings is 1. The molecule has 0 radical (unpaired) electrons. The lowest BCUT2D eigenvalue weighted by Gasteiger charge is -2.36. The van der Waals surface area contributed by atoms with Crippen molar-refractivity contribution < 1.29 is 18.8 Å². The maximum Gasteiger partial charge on any atom is 0.313 e. The second-order valence-electron chi connectivity index (χ2n) is 6.43. The van der Waals surface area contributed by atoms with Crippen molar-refractivity contribution in [3.05, 3.63) is 35.6 Å². The highest BCUT2D eigenvalue weighted by atomic mass is 19.1. The van der Waals surface area contributed by atoms with Gasteiger partial charge in [0, 0.05) is 24.9 Å². The molecule has 2 aliphatic heterocycles. The van der Waals surface area contributed by atoms with Crippen molar-refractivity contribution in [3.63, 3.8) is 0 Å². The zero-order valence-corrected chi connectivity index (χ0v) is 13.9. The fourth-order valence-corrected chi connectivity index (χ4v) is 3.51. The second kappa shape index (κ2) is 7.30. The Hall–Kier alpha value is -1.95. The van der Waals surface area contributed by atoms with Crippen LogP contribution in [0.15, 0.2) is 29.4 Å². The highest BCUT2D eigenvalue weighted by Crippen LogP contribution is 2.36. The number of oxime groups is 1. The van der Waals surface area contributed by atoms with Gasteiger partial charge in [-0.15, -0.1) is 0 Å². The first-order chi connectivity index (χ1) is 11.6. The van der Waals surface area contributed by atoms with Crippen LogP contribution in [0.2, 0.25) is 0 Å². The van der Waals surface area contributed by atoms with Gasteiger partial charge in [-0.25, -0.2) is 4.39 Å². The minimum Gasteiger partial charge on any atom is -0.466 e. The van der Waals surface area contributed by atoms with Crippen molar-refractivity contribution in [1.82, 2.24) is 5.32 Å². The zero-order valence-electron chi connectivity index (χ0n) is 13.9. The summed E-state index contributed by atoms with van der Waals surface area (Å²) < 4.78 is 19.2. The van der Waals surface area contributed by atoms with Gasteiger partial charge in [-0.2, -0.15) is 0 Å². The van der Waals surface area contributed by atoms with Gasteiger partial charge in [0.1, 0.15) is 11.9 Å². The Morgan fingerprint density at radius 3 is 3.04 bits per heavy atom. The molecule has 2 aliphatic rings. The van der Waals surface area contributed by atoms with E-state index >= 15 is 0 Å². The Balaban J connectivity index is 1.69. The topological polar surface area (TPSA) is 59.9 Å². The predicted molar refractivity (Wildman–Crippen MR) is 88.2 cm³/mol. The van der Waals surface area contributed by atoms with Crippen molar-refractivity contribution in [2.45, 2.75) is 38.7 Å². The lowest BCUT2D eigenvalue weighted by molar-refractivity contribution is -0.159. The number of nitrogens with one attached hydrogen (secondary N) is 1. The molecule has 0 amide bonds. The van der Waals surface area contributed by atoms with E-state index in [1.54, 1.807) is 18.2 Å². The number of ether oxygens (including phenoxy) is 1. The summed E-state index contributed by atoms with van der Waals surface area (Å²) in [5.41, 5.74) is 0.479. The Labute approximate surface area is 141 Å². The molecule has 1 N–H and O–H groups in total. The van der Waals surface area contributed by atoms with E-state index in [2.05, 4.69) is 10.5 Å². The van der Waals surface area contributed by atoms with Crippen molar-refractivity contribution >= 4 is 11.7 Å². The smallest absolute Gasteiger partial charge is 0.313 e. The summed E-state index contributed by atoms with van der Waals surface area (Å²) in [6.45, 7) is 3.67. The van der Waals surface area contributed by atoms with Crippen molar-refractivity contribution in [2.75, 3.05) is 19.7 Å². The summed E-state index contributed by atoms with van der Waals surface area (Å²) in [6.07, 6.45) is 2.49. The van der Waals surface area contributed by atoms with E-state index in [1.807, 2.05) is 6.92 Å². The largest absolute Gasteiger partial charge is 0.466 e. The van der Waals surface area contributed by atoms with Crippen molar-refractivity contribution in [1.29, 1.82) is 0 Å². The summed E-state index contributed by atoms with van der Waals surface area (Å²) in [6, 6.07) is 6.54. The lowest BCUT2D eigenvalue weighted by atomic mass is 9.75. The van der Waals surface area contributed by atoms with Gasteiger partial charge in [-0.1, -0.05) is 23.4 Å². The average Bonchev–Trinajstić information content (AvgIpc) is 3.04. The minimum atomic E-state index is -0.584. The minimum absolute atomic E-state index is 0.180. The molecule has 1 aromatic rings. The van der Waals surface area contributed by atoms with Gasteiger partial charge in [0.15, 0.2) is 0 Å². The second-order valence-corrected chi connectivity index (χ2v) is 6.43. The molecule has 3 rings (SSSR count). The summed E-state index contributed by atoms with van der Waals surface area (Å²) in [5.74, 6) is -0.486. The fourth-order valence-electron chi connectivity index (χ4n) is 3.51. The van der Waals surface area contributed by atoms with Crippen LogP contribution in [0.4, 0.5) is 4.39 Å². The van der Waals surface area contributed by atoms with E-state index in [-0.39, 0.29) is 17.9 Å². The molecule has 0 spiro atoms. The van der Waals surface area contributed by atoms with Crippen molar-refractivity contribution in [2.24, 2.45) is 10.6 Å².